The molecule has 0 radical (unpaired) electrons. The number of nitrogens with zero attached hydrogens (tertiary/aromatic N) is 4. The average Bonchev–Trinajstić information content (AvgIpc) is 2.61. The van der Waals surface area contributed by atoms with E-state index in [9.17, 15) is 10.1 Å². The third-order valence-electron chi connectivity index (χ3n) is 4.05. The number of nitrogens with one attached hydrogen (secondary N) is 1. The number of hydrogen-bond donors (Lipinski definition) is 1. The maximum atomic E-state index is 12.9. The van der Waals surface area contributed by atoms with Crippen molar-refractivity contribution in [3.63, 3.8) is 0 Å². The van der Waals surface area contributed by atoms with Gasteiger partial charge in [-0.15, -0.1) is 0 Å². The number of hydrogen-bond acceptors (Lipinski definition) is 5. The Morgan fingerprint density at radius 2 is 2.20 bits per heavy atom. The number of rotatable bonds is 5. The predicted octanol–water partition coefficient (Wildman–Crippen LogP) is 1.74. The summed E-state index contributed by atoms with van der Waals surface area (Å²) in [5, 5.41) is 17.9. The normalized spacial score (nSPS) is 11.1. The minimum absolute atomic E-state index is 0.0647. The van der Waals surface area contributed by atoms with Crippen LogP contribution in [0.15, 0.2) is 29.2 Å². The minimum Gasteiger partial charge on any atom is -0.382 e. The molecule has 0 saturated heterocycles. The monoisotopic (exact) mass is 337 g/mol. The first-order valence-corrected chi connectivity index (χ1v) is 8.15. The smallest absolute Gasteiger partial charge is 0.267 e. The van der Waals surface area contributed by atoms with Gasteiger partial charge in [0, 0.05) is 26.0 Å². The zero-order chi connectivity index (χ0) is 18.0. The van der Waals surface area contributed by atoms with Gasteiger partial charge in [0.05, 0.1) is 10.9 Å². The summed E-state index contributed by atoms with van der Waals surface area (Å²) in [6.45, 7) is 5.45. The molecular formula is C18H19N5O2. The lowest BCUT2D eigenvalue weighted by Crippen LogP contribution is -2.28. The van der Waals surface area contributed by atoms with E-state index in [0.717, 1.165) is 5.56 Å². The SMILES string of the molecule is CCOCCCn1c(=N)c(C#N)cc2c(=O)n3cc(C)ccc3nc21. The van der Waals surface area contributed by atoms with Crippen LogP contribution in [-0.2, 0) is 11.3 Å². The molecule has 3 rings (SSSR count). The molecule has 1 N–H and O–H groups in total. The zero-order valence-electron chi connectivity index (χ0n) is 14.2. The summed E-state index contributed by atoms with van der Waals surface area (Å²) in [6, 6.07) is 7.13. The van der Waals surface area contributed by atoms with E-state index >= 15 is 0 Å². The first kappa shape index (κ1) is 16.9. The van der Waals surface area contributed by atoms with Crippen LogP contribution < -0.4 is 11.0 Å². The van der Waals surface area contributed by atoms with Crippen molar-refractivity contribution in [3.8, 4) is 6.07 Å². The van der Waals surface area contributed by atoms with Gasteiger partial charge in [-0.2, -0.15) is 5.26 Å². The highest BCUT2D eigenvalue weighted by molar-refractivity contribution is 5.77. The Bertz CT molecular complexity index is 1100. The van der Waals surface area contributed by atoms with Gasteiger partial charge in [-0.25, -0.2) is 4.98 Å². The fraction of sp³-hybridized carbons (Fsp3) is 0.333. The van der Waals surface area contributed by atoms with E-state index in [2.05, 4.69) is 4.98 Å². The summed E-state index contributed by atoms with van der Waals surface area (Å²) in [5.74, 6) is 0. The second kappa shape index (κ2) is 6.87. The maximum absolute atomic E-state index is 12.9. The Morgan fingerprint density at radius 1 is 1.40 bits per heavy atom. The van der Waals surface area contributed by atoms with E-state index < -0.39 is 0 Å². The molecule has 7 nitrogen and oxygen atoms in total. The number of ether oxygens (including phenoxy) is 1. The first-order chi connectivity index (χ1) is 12.1. The summed E-state index contributed by atoms with van der Waals surface area (Å²) in [6.07, 6.45) is 2.40. The molecule has 0 aliphatic heterocycles. The molecular weight excluding hydrogens is 318 g/mol. The molecule has 0 spiro atoms. The first-order valence-electron chi connectivity index (χ1n) is 8.15. The molecule has 3 heterocycles. The van der Waals surface area contributed by atoms with Gasteiger partial charge in [0.1, 0.15) is 22.9 Å². The van der Waals surface area contributed by atoms with Crippen molar-refractivity contribution in [2.75, 3.05) is 13.2 Å². The molecule has 0 aromatic carbocycles. The number of nitriles is 1. The van der Waals surface area contributed by atoms with Crippen LogP contribution in [0.3, 0.4) is 0 Å². The summed E-state index contributed by atoms with van der Waals surface area (Å²) < 4.78 is 8.44. The standard InChI is InChI=1S/C18H19N5O2/c1-3-25-8-4-7-22-16(20)13(10-19)9-14-17(22)21-15-6-5-12(2)11-23(15)18(14)24/h5-6,9,11,20H,3-4,7-8H2,1-2H3. The van der Waals surface area contributed by atoms with Crippen molar-refractivity contribution >= 4 is 16.7 Å². The van der Waals surface area contributed by atoms with E-state index in [0.29, 0.717) is 42.9 Å². The Hall–Kier alpha value is -2.98. The van der Waals surface area contributed by atoms with Crippen LogP contribution in [0.5, 0.6) is 0 Å². The van der Waals surface area contributed by atoms with Crippen molar-refractivity contribution in [2.45, 2.75) is 26.8 Å². The van der Waals surface area contributed by atoms with Gasteiger partial charge in [0.25, 0.3) is 5.56 Å². The number of aryl methyl sites for hydroxylation is 2. The molecule has 3 aromatic rings. The number of aromatic nitrogens is 3. The fourth-order valence-corrected chi connectivity index (χ4v) is 2.82. The summed E-state index contributed by atoms with van der Waals surface area (Å²) in [5.41, 5.74) is 1.88. The molecule has 0 unspecified atom stereocenters. The van der Waals surface area contributed by atoms with Crippen molar-refractivity contribution in [3.05, 3.63) is 51.4 Å². The van der Waals surface area contributed by atoms with E-state index in [4.69, 9.17) is 10.1 Å². The predicted molar refractivity (Wildman–Crippen MR) is 93.4 cm³/mol. The van der Waals surface area contributed by atoms with Crippen LogP contribution in [0.1, 0.15) is 24.5 Å². The molecule has 0 atom stereocenters. The van der Waals surface area contributed by atoms with Gasteiger partial charge in [-0.05, 0) is 38.0 Å². The van der Waals surface area contributed by atoms with Gasteiger partial charge in [-0.1, -0.05) is 6.07 Å². The molecule has 25 heavy (non-hydrogen) atoms. The summed E-state index contributed by atoms with van der Waals surface area (Å²) in [4.78, 5) is 17.4. The summed E-state index contributed by atoms with van der Waals surface area (Å²) >= 11 is 0. The van der Waals surface area contributed by atoms with E-state index in [-0.39, 0.29) is 16.6 Å². The van der Waals surface area contributed by atoms with Crippen LogP contribution >= 0.6 is 0 Å². The molecule has 128 valence electrons. The van der Waals surface area contributed by atoms with E-state index in [1.165, 1.54) is 10.5 Å². The molecule has 0 fully saturated rings. The Kier molecular flexibility index (Phi) is 4.63. The van der Waals surface area contributed by atoms with Crippen molar-refractivity contribution in [1.29, 1.82) is 10.7 Å². The van der Waals surface area contributed by atoms with Crippen molar-refractivity contribution in [1.82, 2.24) is 14.0 Å². The Labute approximate surface area is 144 Å². The van der Waals surface area contributed by atoms with Gasteiger partial charge in [-0.3, -0.25) is 14.6 Å². The Morgan fingerprint density at radius 3 is 2.92 bits per heavy atom. The van der Waals surface area contributed by atoms with Gasteiger partial charge < -0.3 is 9.30 Å². The highest BCUT2D eigenvalue weighted by Gasteiger charge is 2.13. The van der Waals surface area contributed by atoms with Crippen molar-refractivity contribution < 1.29 is 4.74 Å². The minimum atomic E-state index is -0.237. The molecule has 0 aliphatic carbocycles. The molecule has 0 aliphatic rings. The zero-order valence-corrected chi connectivity index (χ0v) is 14.2. The maximum Gasteiger partial charge on any atom is 0.267 e. The van der Waals surface area contributed by atoms with Crippen LogP contribution in [-0.4, -0.2) is 27.2 Å². The third-order valence-corrected chi connectivity index (χ3v) is 4.05. The lowest BCUT2D eigenvalue weighted by molar-refractivity contribution is 0.141. The molecule has 0 amide bonds. The molecule has 0 saturated carbocycles. The second-order valence-electron chi connectivity index (χ2n) is 5.81. The summed E-state index contributed by atoms with van der Waals surface area (Å²) in [7, 11) is 0. The molecule has 3 aromatic heterocycles. The molecule has 7 heteroatoms. The van der Waals surface area contributed by atoms with Crippen LogP contribution in [0.25, 0.3) is 16.7 Å². The Balaban J connectivity index is 2.29. The fourth-order valence-electron chi connectivity index (χ4n) is 2.82. The van der Waals surface area contributed by atoms with E-state index in [1.807, 2.05) is 26.0 Å². The quantitative estimate of drug-likeness (QED) is 0.566. The average molecular weight is 337 g/mol. The van der Waals surface area contributed by atoms with Gasteiger partial charge >= 0.3 is 0 Å². The van der Waals surface area contributed by atoms with E-state index in [1.54, 1.807) is 16.8 Å². The number of fused-ring (bicyclic) bond motifs is 2. The van der Waals surface area contributed by atoms with Crippen molar-refractivity contribution in [2.24, 2.45) is 0 Å². The lowest BCUT2D eigenvalue weighted by atomic mass is 10.2. The van der Waals surface area contributed by atoms with Gasteiger partial charge in [0.2, 0.25) is 0 Å². The number of pyridine rings is 2. The van der Waals surface area contributed by atoms with Crippen LogP contribution in [0, 0.1) is 23.7 Å². The highest BCUT2D eigenvalue weighted by Crippen LogP contribution is 2.11. The molecule has 0 bridgehead atoms. The van der Waals surface area contributed by atoms with Crippen LogP contribution in [0.2, 0.25) is 0 Å². The second-order valence-corrected chi connectivity index (χ2v) is 5.81. The van der Waals surface area contributed by atoms with Crippen LogP contribution in [0.4, 0.5) is 0 Å². The lowest BCUT2D eigenvalue weighted by Gasteiger charge is -2.13. The largest absolute Gasteiger partial charge is 0.382 e. The highest BCUT2D eigenvalue weighted by atomic mass is 16.5. The topological polar surface area (TPSA) is 96.2 Å². The third kappa shape index (κ3) is 3.04. The van der Waals surface area contributed by atoms with Gasteiger partial charge in [0.15, 0.2) is 0 Å².